The molecule has 2 rings (SSSR count). The molecule has 3 N–H and O–H groups in total. The van der Waals surface area contributed by atoms with E-state index in [-0.39, 0.29) is 5.91 Å². The quantitative estimate of drug-likeness (QED) is 0.835. The van der Waals surface area contributed by atoms with Gasteiger partial charge in [-0.15, -0.1) is 0 Å². The van der Waals surface area contributed by atoms with Crippen LogP contribution in [-0.4, -0.2) is 24.6 Å². The van der Waals surface area contributed by atoms with Crippen LogP contribution in [0.4, 0.5) is 0 Å². The van der Waals surface area contributed by atoms with Crippen LogP contribution in [0.15, 0.2) is 16.6 Å². The smallest absolute Gasteiger partial charge is 0.260 e. The van der Waals surface area contributed by atoms with Crippen molar-refractivity contribution in [1.29, 1.82) is 0 Å². The van der Waals surface area contributed by atoms with Crippen molar-refractivity contribution < 1.29 is 9.53 Å². The molecule has 1 aromatic rings. The van der Waals surface area contributed by atoms with Crippen LogP contribution in [0, 0.1) is 6.92 Å². The van der Waals surface area contributed by atoms with Gasteiger partial charge in [-0.05, 0) is 62.9 Å². The van der Waals surface area contributed by atoms with Gasteiger partial charge in [-0.2, -0.15) is 0 Å². The Hall–Kier alpha value is -1.07. The molecular formula is C15H21BrN2O2. The number of carbonyl (C=O) groups excluding carboxylic acids is 1. The number of benzene rings is 1. The largest absolute Gasteiger partial charge is 0.480 e. The van der Waals surface area contributed by atoms with Crippen LogP contribution in [0.1, 0.15) is 30.9 Å². The maximum atomic E-state index is 12.0. The van der Waals surface area contributed by atoms with Gasteiger partial charge in [-0.1, -0.05) is 15.9 Å². The summed E-state index contributed by atoms with van der Waals surface area (Å²) in [6, 6.07) is 4.34. The molecule has 20 heavy (non-hydrogen) atoms. The number of aryl methyl sites for hydroxylation is 1. The Morgan fingerprint density at radius 3 is 2.85 bits per heavy atom. The number of nitrogens with one attached hydrogen (secondary N) is 1. The minimum Gasteiger partial charge on any atom is -0.480 e. The molecule has 0 spiro atoms. The van der Waals surface area contributed by atoms with E-state index in [2.05, 4.69) is 21.2 Å². The van der Waals surface area contributed by atoms with Crippen molar-refractivity contribution in [3.63, 3.8) is 0 Å². The highest BCUT2D eigenvalue weighted by atomic mass is 79.9. The topological polar surface area (TPSA) is 64.3 Å². The molecule has 0 aliphatic heterocycles. The van der Waals surface area contributed by atoms with E-state index in [1.807, 2.05) is 19.1 Å². The second-order valence-corrected chi connectivity index (χ2v) is 6.21. The van der Waals surface area contributed by atoms with Crippen LogP contribution in [-0.2, 0) is 11.2 Å². The summed E-state index contributed by atoms with van der Waals surface area (Å²) in [6.07, 6.45) is 2.39. The van der Waals surface area contributed by atoms with Gasteiger partial charge in [0, 0.05) is 10.5 Å². The first kappa shape index (κ1) is 15.3. The zero-order valence-corrected chi connectivity index (χ0v) is 13.5. The molecule has 1 aromatic carbocycles. The second kappa shape index (κ2) is 6.59. The molecule has 0 heterocycles. The van der Waals surface area contributed by atoms with E-state index in [1.54, 1.807) is 6.92 Å². The van der Waals surface area contributed by atoms with Crippen LogP contribution in [0.25, 0.3) is 0 Å². The Kier molecular flexibility index (Phi) is 5.05. The molecule has 1 unspecified atom stereocenters. The number of carbonyl (C=O) groups is 1. The van der Waals surface area contributed by atoms with Crippen LogP contribution >= 0.6 is 15.9 Å². The highest BCUT2D eigenvalue weighted by molar-refractivity contribution is 9.10. The van der Waals surface area contributed by atoms with Gasteiger partial charge in [0.1, 0.15) is 5.75 Å². The standard InChI is InChI=1S/C15H21BrN2O2/c1-9-7-12(16)8-11(5-6-17)14(9)20-10(2)15(19)18-13-3-4-13/h7-8,10,13H,3-6,17H2,1-2H3,(H,18,19). The summed E-state index contributed by atoms with van der Waals surface area (Å²) < 4.78 is 6.89. The van der Waals surface area contributed by atoms with Gasteiger partial charge in [0.05, 0.1) is 0 Å². The monoisotopic (exact) mass is 340 g/mol. The summed E-state index contributed by atoms with van der Waals surface area (Å²) in [5.74, 6) is 0.727. The summed E-state index contributed by atoms with van der Waals surface area (Å²) in [5.41, 5.74) is 7.69. The average molecular weight is 341 g/mol. The zero-order chi connectivity index (χ0) is 14.7. The lowest BCUT2D eigenvalue weighted by Gasteiger charge is -2.19. The summed E-state index contributed by atoms with van der Waals surface area (Å²) >= 11 is 3.48. The normalized spacial score (nSPS) is 15.8. The fourth-order valence-corrected chi connectivity index (χ4v) is 2.71. The van der Waals surface area contributed by atoms with Crippen molar-refractivity contribution in [2.75, 3.05) is 6.54 Å². The van der Waals surface area contributed by atoms with Crippen LogP contribution in [0.5, 0.6) is 5.75 Å². The van der Waals surface area contributed by atoms with Crippen molar-refractivity contribution in [3.05, 3.63) is 27.7 Å². The van der Waals surface area contributed by atoms with Gasteiger partial charge >= 0.3 is 0 Å². The number of rotatable bonds is 6. The van der Waals surface area contributed by atoms with Crippen LogP contribution in [0.3, 0.4) is 0 Å². The Labute approximate surface area is 128 Å². The molecule has 0 saturated heterocycles. The van der Waals surface area contributed by atoms with Crippen molar-refractivity contribution in [1.82, 2.24) is 5.32 Å². The molecule has 1 saturated carbocycles. The number of ether oxygens (including phenoxy) is 1. The fraction of sp³-hybridized carbons (Fsp3) is 0.533. The molecule has 0 aromatic heterocycles. The Morgan fingerprint density at radius 1 is 1.55 bits per heavy atom. The zero-order valence-electron chi connectivity index (χ0n) is 11.9. The van der Waals surface area contributed by atoms with Gasteiger partial charge in [0.15, 0.2) is 6.10 Å². The molecule has 110 valence electrons. The minimum atomic E-state index is -0.494. The van der Waals surface area contributed by atoms with E-state index in [1.165, 1.54) is 0 Å². The third kappa shape index (κ3) is 3.96. The lowest BCUT2D eigenvalue weighted by molar-refractivity contribution is -0.127. The van der Waals surface area contributed by atoms with Crippen molar-refractivity contribution >= 4 is 21.8 Å². The lowest BCUT2D eigenvalue weighted by Crippen LogP contribution is -2.37. The van der Waals surface area contributed by atoms with Crippen molar-refractivity contribution in [2.45, 2.75) is 45.3 Å². The molecule has 1 aliphatic carbocycles. The van der Waals surface area contributed by atoms with Gasteiger partial charge < -0.3 is 15.8 Å². The molecule has 1 fully saturated rings. The Morgan fingerprint density at radius 2 is 2.25 bits per heavy atom. The van der Waals surface area contributed by atoms with E-state index in [0.717, 1.165) is 40.6 Å². The SMILES string of the molecule is Cc1cc(Br)cc(CCN)c1OC(C)C(=O)NC1CC1. The summed E-state index contributed by atoms with van der Waals surface area (Å²) in [4.78, 5) is 12.0. The highest BCUT2D eigenvalue weighted by Gasteiger charge is 2.27. The van der Waals surface area contributed by atoms with Gasteiger partial charge in [0.25, 0.3) is 5.91 Å². The molecule has 0 radical (unpaired) electrons. The minimum absolute atomic E-state index is 0.0477. The first-order chi connectivity index (χ1) is 9.51. The predicted molar refractivity (Wildman–Crippen MR) is 82.9 cm³/mol. The Bertz CT molecular complexity index is 501. The summed E-state index contributed by atoms with van der Waals surface area (Å²) in [6.45, 7) is 4.31. The van der Waals surface area contributed by atoms with E-state index in [4.69, 9.17) is 10.5 Å². The highest BCUT2D eigenvalue weighted by Crippen LogP contribution is 2.29. The number of nitrogens with two attached hydrogens (primary N) is 1. The fourth-order valence-electron chi connectivity index (χ4n) is 2.09. The number of halogens is 1. The molecule has 1 aliphatic rings. The molecule has 0 bridgehead atoms. The summed E-state index contributed by atoms with van der Waals surface area (Å²) in [5, 5.41) is 2.96. The number of hydrogen-bond acceptors (Lipinski definition) is 3. The van der Waals surface area contributed by atoms with E-state index < -0.39 is 6.10 Å². The van der Waals surface area contributed by atoms with E-state index in [9.17, 15) is 4.79 Å². The predicted octanol–water partition coefficient (Wildman–Crippen LogP) is 2.30. The van der Waals surface area contributed by atoms with Crippen molar-refractivity contribution in [3.8, 4) is 5.75 Å². The third-order valence-corrected chi connectivity index (χ3v) is 3.78. The third-order valence-electron chi connectivity index (χ3n) is 3.32. The van der Waals surface area contributed by atoms with Gasteiger partial charge in [0.2, 0.25) is 0 Å². The molecule has 1 amide bonds. The first-order valence-electron chi connectivity index (χ1n) is 6.97. The molecule has 1 atom stereocenters. The molecule has 4 nitrogen and oxygen atoms in total. The molecular weight excluding hydrogens is 320 g/mol. The first-order valence-corrected chi connectivity index (χ1v) is 7.76. The van der Waals surface area contributed by atoms with E-state index >= 15 is 0 Å². The van der Waals surface area contributed by atoms with Crippen molar-refractivity contribution in [2.24, 2.45) is 5.73 Å². The van der Waals surface area contributed by atoms with Crippen LogP contribution < -0.4 is 15.8 Å². The maximum absolute atomic E-state index is 12.0. The molecule has 5 heteroatoms. The van der Waals surface area contributed by atoms with E-state index in [0.29, 0.717) is 12.6 Å². The average Bonchev–Trinajstić information content (AvgIpc) is 3.17. The van der Waals surface area contributed by atoms with Gasteiger partial charge in [-0.25, -0.2) is 0 Å². The number of hydrogen-bond donors (Lipinski definition) is 2. The number of amides is 1. The Balaban J connectivity index is 2.11. The van der Waals surface area contributed by atoms with Crippen LogP contribution in [0.2, 0.25) is 0 Å². The summed E-state index contributed by atoms with van der Waals surface area (Å²) in [7, 11) is 0. The van der Waals surface area contributed by atoms with Gasteiger partial charge in [-0.3, -0.25) is 4.79 Å². The lowest BCUT2D eigenvalue weighted by atomic mass is 10.1. The second-order valence-electron chi connectivity index (χ2n) is 5.29. The maximum Gasteiger partial charge on any atom is 0.260 e.